The summed E-state index contributed by atoms with van der Waals surface area (Å²) in [5.74, 6) is 0. The zero-order valence-electron chi connectivity index (χ0n) is 14.1. The predicted octanol–water partition coefficient (Wildman–Crippen LogP) is 4.20. The first-order valence-electron chi connectivity index (χ1n) is 7.69. The zero-order chi connectivity index (χ0) is 16.8. The third-order valence-corrected chi connectivity index (χ3v) is 3.95. The van der Waals surface area contributed by atoms with Gasteiger partial charge in [0.25, 0.3) is 0 Å². The number of benzene rings is 1. The molecule has 124 valence electrons. The lowest BCUT2D eigenvalue weighted by Gasteiger charge is -2.27. The molecule has 0 radical (unpaired) electrons. The van der Waals surface area contributed by atoms with Crippen molar-refractivity contribution in [3.63, 3.8) is 0 Å². The van der Waals surface area contributed by atoms with Gasteiger partial charge < -0.3 is 15.0 Å². The minimum atomic E-state index is -0.452. The quantitative estimate of drug-likeness (QED) is 0.705. The highest BCUT2D eigenvalue weighted by atomic mass is 127. The van der Waals surface area contributed by atoms with Crippen LogP contribution < -0.4 is 5.32 Å². The molecule has 1 amide bonds. The van der Waals surface area contributed by atoms with Crippen molar-refractivity contribution in [1.29, 1.82) is 0 Å². The lowest BCUT2D eigenvalue weighted by molar-refractivity contribution is 0.0261. The van der Waals surface area contributed by atoms with Crippen LogP contribution in [0.3, 0.4) is 0 Å². The van der Waals surface area contributed by atoms with E-state index in [-0.39, 0.29) is 12.1 Å². The lowest BCUT2D eigenvalue weighted by Crippen LogP contribution is -2.40. The topological polar surface area (TPSA) is 41.6 Å². The Morgan fingerprint density at radius 3 is 2.41 bits per heavy atom. The molecule has 1 aromatic rings. The van der Waals surface area contributed by atoms with Crippen molar-refractivity contribution in [1.82, 2.24) is 10.2 Å². The molecule has 0 spiro atoms. The van der Waals surface area contributed by atoms with Crippen molar-refractivity contribution < 1.29 is 9.53 Å². The molecule has 4 nitrogen and oxygen atoms in total. The second kappa shape index (κ2) is 8.72. The van der Waals surface area contributed by atoms with Gasteiger partial charge in [-0.2, -0.15) is 0 Å². The molecule has 1 unspecified atom stereocenters. The molecule has 0 aromatic heterocycles. The maximum Gasteiger partial charge on any atom is 0.410 e. The Kier molecular flexibility index (Phi) is 7.62. The number of halogens is 1. The van der Waals surface area contributed by atoms with Crippen LogP contribution in [0.5, 0.6) is 0 Å². The summed E-state index contributed by atoms with van der Waals surface area (Å²) in [7, 11) is 0. The van der Waals surface area contributed by atoms with E-state index in [0.29, 0.717) is 13.1 Å². The van der Waals surface area contributed by atoms with Crippen LogP contribution in [0.25, 0.3) is 0 Å². The van der Waals surface area contributed by atoms with Crippen molar-refractivity contribution in [3.8, 4) is 0 Å². The van der Waals surface area contributed by atoms with Crippen LogP contribution in [0.2, 0.25) is 0 Å². The molecule has 22 heavy (non-hydrogen) atoms. The predicted molar refractivity (Wildman–Crippen MR) is 99.1 cm³/mol. The minimum Gasteiger partial charge on any atom is -0.444 e. The maximum atomic E-state index is 12.0. The van der Waals surface area contributed by atoms with Crippen LogP contribution in [0, 0.1) is 3.57 Å². The van der Waals surface area contributed by atoms with Gasteiger partial charge in [-0.15, -0.1) is 0 Å². The van der Waals surface area contributed by atoms with Gasteiger partial charge in [0.15, 0.2) is 0 Å². The molecule has 0 aliphatic heterocycles. The molecule has 1 atom stereocenters. The molecule has 0 heterocycles. The fraction of sp³-hybridized carbons (Fsp3) is 0.588. The summed E-state index contributed by atoms with van der Waals surface area (Å²) in [6.07, 6.45) is -0.251. The second-order valence-electron chi connectivity index (χ2n) is 6.29. The first-order valence-corrected chi connectivity index (χ1v) is 8.77. The largest absolute Gasteiger partial charge is 0.444 e. The molecule has 0 bridgehead atoms. The highest BCUT2D eigenvalue weighted by molar-refractivity contribution is 14.1. The summed E-state index contributed by atoms with van der Waals surface area (Å²) in [5.41, 5.74) is 0.799. The molecule has 0 saturated heterocycles. The fourth-order valence-corrected chi connectivity index (χ4v) is 2.35. The van der Waals surface area contributed by atoms with Crippen LogP contribution in [0.1, 0.15) is 46.2 Å². The molecule has 1 rings (SSSR count). The third kappa shape index (κ3) is 6.96. The molecule has 0 aliphatic carbocycles. The number of nitrogens with zero attached hydrogens (tertiary/aromatic N) is 1. The van der Waals surface area contributed by atoms with E-state index in [1.165, 1.54) is 9.13 Å². The molecule has 0 aliphatic rings. The SMILES string of the molecule is CCN(CCNC(C)c1ccc(I)cc1)C(=O)OC(C)(C)C. The van der Waals surface area contributed by atoms with E-state index in [1.807, 2.05) is 27.7 Å². The number of amides is 1. The van der Waals surface area contributed by atoms with Crippen LogP contribution in [-0.4, -0.2) is 36.2 Å². The summed E-state index contributed by atoms with van der Waals surface area (Å²) in [6.45, 7) is 11.8. The first-order chi connectivity index (χ1) is 10.2. The number of likely N-dealkylation sites (N-methyl/N-ethyl adjacent to an activating group) is 1. The summed E-state index contributed by atoms with van der Waals surface area (Å²) in [6, 6.07) is 8.73. The number of nitrogens with one attached hydrogen (secondary N) is 1. The monoisotopic (exact) mass is 418 g/mol. The number of hydrogen-bond acceptors (Lipinski definition) is 3. The molecule has 1 aromatic carbocycles. The Hall–Kier alpha value is -0.820. The van der Waals surface area contributed by atoms with Gasteiger partial charge in [-0.25, -0.2) is 4.79 Å². The van der Waals surface area contributed by atoms with E-state index in [4.69, 9.17) is 4.74 Å². The molecular weight excluding hydrogens is 391 g/mol. The summed E-state index contributed by atoms with van der Waals surface area (Å²) >= 11 is 2.30. The zero-order valence-corrected chi connectivity index (χ0v) is 16.3. The summed E-state index contributed by atoms with van der Waals surface area (Å²) in [5, 5.41) is 3.45. The van der Waals surface area contributed by atoms with Gasteiger partial charge in [0.1, 0.15) is 5.60 Å². The number of rotatable bonds is 6. The normalized spacial score (nSPS) is 12.8. The maximum absolute atomic E-state index is 12.0. The summed E-state index contributed by atoms with van der Waals surface area (Å²) < 4.78 is 6.64. The molecule has 1 N–H and O–H groups in total. The van der Waals surface area contributed by atoms with E-state index in [0.717, 1.165) is 6.54 Å². The number of carbonyl (C=O) groups is 1. The van der Waals surface area contributed by atoms with Crippen molar-refractivity contribution in [2.24, 2.45) is 0 Å². The van der Waals surface area contributed by atoms with Crippen LogP contribution in [0.4, 0.5) is 4.79 Å². The fourth-order valence-electron chi connectivity index (χ4n) is 1.99. The standard InChI is InChI=1S/C17H27IN2O2/c1-6-20(16(21)22-17(3,4)5)12-11-19-13(2)14-7-9-15(18)10-8-14/h7-10,13,19H,6,11-12H2,1-5H3. The molecule has 0 saturated carbocycles. The molecule has 0 fully saturated rings. The van der Waals surface area contributed by atoms with E-state index in [1.54, 1.807) is 4.90 Å². The van der Waals surface area contributed by atoms with Crippen LogP contribution in [0.15, 0.2) is 24.3 Å². The van der Waals surface area contributed by atoms with E-state index in [2.05, 4.69) is 59.1 Å². The number of hydrogen-bond donors (Lipinski definition) is 1. The van der Waals surface area contributed by atoms with Gasteiger partial charge in [-0.3, -0.25) is 0 Å². The van der Waals surface area contributed by atoms with Gasteiger partial charge in [0.2, 0.25) is 0 Å². The Balaban J connectivity index is 2.43. The minimum absolute atomic E-state index is 0.251. The van der Waals surface area contributed by atoms with E-state index < -0.39 is 5.60 Å². The molecule has 5 heteroatoms. The lowest BCUT2D eigenvalue weighted by atomic mass is 10.1. The van der Waals surface area contributed by atoms with Gasteiger partial charge >= 0.3 is 6.09 Å². The second-order valence-corrected chi connectivity index (χ2v) is 7.53. The van der Waals surface area contributed by atoms with Crippen LogP contribution >= 0.6 is 22.6 Å². The average molecular weight is 418 g/mol. The highest BCUT2D eigenvalue weighted by Gasteiger charge is 2.20. The van der Waals surface area contributed by atoms with E-state index >= 15 is 0 Å². The highest BCUT2D eigenvalue weighted by Crippen LogP contribution is 2.14. The summed E-state index contributed by atoms with van der Waals surface area (Å²) in [4.78, 5) is 13.8. The van der Waals surface area contributed by atoms with Gasteiger partial charge in [0.05, 0.1) is 0 Å². The smallest absolute Gasteiger partial charge is 0.410 e. The molecular formula is C17H27IN2O2. The van der Waals surface area contributed by atoms with Crippen molar-refractivity contribution in [2.45, 2.75) is 46.3 Å². The van der Waals surface area contributed by atoms with Gasteiger partial charge in [-0.05, 0) is 74.9 Å². The average Bonchev–Trinajstić information content (AvgIpc) is 2.42. The van der Waals surface area contributed by atoms with Crippen molar-refractivity contribution in [2.75, 3.05) is 19.6 Å². The Morgan fingerprint density at radius 2 is 1.91 bits per heavy atom. The van der Waals surface area contributed by atoms with Gasteiger partial charge in [0, 0.05) is 29.2 Å². The van der Waals surface area contributed by atoms with Crippen molar-refractivity contribution in [3.05, 3.63) is 33.4 Å². The van der Waals surface area contributed by atoms with Crippen molar-refractivity contribution >= 4 is 28.7 Å². The Labute approximate surface area is 147 Å². The third-order valence-electron chi connectivity index (χ3n) is 3.24. The first kappa shape index (κ1) is 19.2. The number of ether oxygens (including phenoxy) is 1. The Bertz CT molecular complexity index is 469. The van der Waals surface area contributed by atoms with E-state index in [9.17, 15) is 4.79 Å². The number of carbonyl (C=O) groups excluding carboxylic acids is 1. The Morgan fingerprint density at radius 1 is 1.32 bits per heavy atom. The van der Waals surface area contributed by atoms with Crippen LogP contribution in [-0.2, 0) is 4.74 Å². The van der Waals surface area contributed by atoms with Gasteiger partial charge in [-0.1, -0.05) is 12.1 Å².